The predicted octanol–water partition coefficient (Wildman–Crippen LogP) is 2.90. The molecule has 0 saturated carbocycles. The normalized spacial score (nSPS) is 11.8. The van der Waals surface area contributed by atoms with Crippen LogP contribution < -0.4 is 4.74 Å². The van der Waals surface area contributed by atoms with Gasteiger partial charge in [-0.1, -0.05) is 11.6 Å². The number of furan rings is 1. The molecular formula is C14H16ClNO4S. The van der Waals surface area contributed by atoms with Gasteiger partial charge in [0, 0.05) is 17.6 Å². The van der Waals surface area contributed by atoms with Crippen LogP contribution >= 0.6 is 11.6 Å². The smallest absolute Gasteiger partial charge is 0.218 e. The molecular weight excluding hydrogens is 314 g/mol. The maximum atomic E-state index is 12.4. The number of halogens is 1. The first-order valence-corrected chi connectivity index (χ1v) is 8.20. The number of hydrogen-bond donors (Lipinski definition) is 0. The lowest BCUT2D eigenvalue weighted by Crippen LogP contribution is -2.27. The maximum absolute atomic E-state index is 12.4. The van der Waals surface area contributed by atoms with Gasteiger partial charge in [0.2, 0.25) is 10.0 Å². The molecule has 0 saturated heterocycles. The van der Waals surface area contributed by atoms with Gasteiger partial charge in [-0.05, 0) is 30.3 Å². The van der Waals surface area contributed by atoms with Gasteiger partial charge in [-0.25, -0.2) is 8.42 Å². The van der Waals surface area contributed by atoms with E-state index in [4.69, 9.17) is 20.8 Å². The van der Waals surface area contributed by atoms with E-state index in [2.05, 4.69) is 0 Å². The van der Waals surface area contributed by atoms with E-state index in [1.165, 1.54) is 24.7 Å². The van der Waals surface area contributed by atoms with E-state index < -0.39 is 10.0 Å². The van der Waals surface area contributed by atoms with Crippen molar-refractivity contribution in [1.82, 2.24) is 4.31 Å². The van der Waals surface area contributed by atoms with Gasteiger partial charge in [-0.15, -0.1) is 0 Å². The highest BCUT2D eigenvalue weighted by Gasteiger charge is 2.21. The molecule has 0 bridgehead atoms. The molecule has 5 nitrogen and oxygen atoms in total. The largest absolute Gasteiger partial charge is 0.496 e. The minimum atomic E-state index is -3.50. The first kappa shape index (κ1) is 15.9. The minimum absolute atomic E-state index is 0.179. The van der Waals surface area contributed by atoms with Gasteiger partial charge >= 0.3 is 0 Å². The quantitative estimate of drug-likeness (QED) is 0.817. The van der Waals surface area contributed by atoms with Crippen LogP contribution in [0.15, 0.2) is 41.0 Å². The zero-order valence-corrected chi connectivity index (χ0v) is 13.3. The summed E-state index contributed by atoms with van der Waals surface area (Å²) >= 11 is 5.92. The molecule has 0 fully saturated rings. The summed E-state index contributed by atoms with van der Waals surface area (Å²) in [5.41, 5.74) is 0.524. The molecule has 0 aliphatic rings. The molecule has 0 spiro atoms. The number of hydrogen-bond acceptors (Lipinski definition) is 4. The third kappa shape index (κ3) is 4.00. The van der Waals surface area contributed by atoms with E-state index in [9.17, 15) is 8.42 Å². The lowest BCUT2D eigenvalue weighted by Gasteiger charge is -2.17. The van der Waals surface area contributed by atoms with E-state index in [-0.39, 0.29) is 12.3 Å². The molecule has 0 unspecified atom stereocenters. The molecule has 0 aliphatic heterocycles. The highest BCUT2D eigenvalue weighted by molar-refractivity contribution is 7.88. The van der Waals surface area contributed by atoms with Crippen LogP contribution in [0.2, 0.25) is 5.02 Å². The fraction of sp³-hybridized carbons (Fsp3) is 0.286. The number of sulfonamides is 1. The average Bonchev–Trinajstić information content (AvgIpc) is 2.91. The Morgan fingerprint density at radius 1 is 1.33 bits per heavy atom. The SMILES string of the molecule is COc1ccc(Cl)cc1CS(=O)(=O)N(C)Cc1ccco1. The Morgan fingerprint density at radius 2 is 2.10 bits per heavy atom. The highest BCUT2D eigenvalue weighted by atomic mass is 35.5. The van der Waals surface area contributed by atoms with Crippen molar-refractivity contribution < 1.29 is 17.6 Å². The first-order valence-electron chi connectivity index (χ1n) is 6.21. The zero-order chi connectivity index (χ0) is 15.5. The van der Waals surface area contributed by atoms with E-state index in [1.54, 1.807) is 30.3 Å². The average molecular weight is 330 g/mol. The van der Waals surface area contributed by atoms with Crippen molar-refractivity contribution in [2.45, 2.75) is 12.3 Å². The van der Waals surface area contributed by atoms with Crippen LogP contribution in [0.5, 0.6) is 5.75 Å². The van der Waals surface area contributed by atoms with Gasteiger partial charge in [-0.2, -0.15) is 4.31 Å². The molecule has 2 aromatic rings. The molecule has 1 aromatic carbocycles. The van der Waals surface area contributed by atoms with Crippen LogP contribution in [0.1, 0.15) is 11.3 Å². The second-order valence-electron chi connectivity index (χ2n) is 4.55. The Morgan fingerprint density at radius 3 is 2.71 bits per heavy atom. The molecule has 1 heterocycles. The Labute approximate surface area is 129 Å². The van der Waals surface area contributed by atoms with Crippen molar-refractivity contribution in [3.8, 4) is 5.75 Å². The second-order valence-corrected chi connectivity index (χ2v) is 7.06. The maximum Gasteiger partial charge on any atom is 0.218 e. The Bertz CT molecular complexity index is 698. The number of ether oxygens (including phenoxy) is 1. The fourth-order valence-corrected chi connectivity index (χ4v) is 3.24. The first-order chi connectivity index (χ1) is 9.92. The van der Waals surface area contributed by atoms with Crippen molar-refractivity contribution in [3.63, 3.8) is 0 Å². The van der Waals surface area contributed by atoms with Crippen molar-refractivity contribution in [2.24, 2.45) is 0 Å². The summed E-state index contributed by atoms with van der Waals surface area (Å²) in [6, 6.07) is 8.35. The van der Waals surface area contributed by atoms with Crippen molar-refractivity contribution in [3.05, 3.63) is 52.9 Å². The molecule has 1 aromatic heterocycles. The van der Waals surface area contributed by atoms with Crippen molar-refractivity contribution in [2.75, 3.05) is 14.2 Å². The van der Waals surface area contributed by atoms with Gasteiger partial charge in [0.15, 0.2) is 0 Å². The standard InChI is InChI=1S/C14H16ClNO4S/c1-16(9-13-4-3-7-20-13)21(17,18)10-11-8-12(15)5-6-14(11)19-2/h3-8H,9-10H2,1-2H3. The molecule has 7 heteroatoms. The van der Waals surface area contributed by atoms with Crippen molar-refractivity contribution >= 4 is 21.6 Å². The molecule has 114 valence electrons. The molecule has 21 heavy (non-hydrogen) atoms. The number of benzene rings is 1. The molecule has 0 amide bonds. The topological polar surface area (TPSA) is 59.8 Å². The van der Waals surface area contributed by atoms with Crippen LogP contribution in [0, 0.1) is 0 Å². The Kier molecular flexibility index (Phi) is 4.92. The minimum Gasteiger partial charge on any atom is -0.496 e. The molecule has 0 atom stereocenters. The molecule has 0 N–H and O–H groups in total. The van der Waals surface area contributed by atoms with E-state index in [0.717, 1.165) is 0 Å². The summed E-state index contributed by atoms with van der Waals surface area (Å²) < 4.78 is 36.4. The Hall–Kier alpha value is -1.50. The summed E-state index contributed by atoms with van der Waals surface area (Å²) in [7, 11) is -0.503. The van der Waals surface area contributed by atoms with Crippen molar-refractivity contribution in [1.29, 1.82) is 0 Å². The third-order valence-corrected chi connectivity index (χ3v) is 5.00. The molecule has 2 rings (SSSR count). The highest BCUT2D eigenvalue weighted by Crippen LogP contribution is 2.25. The Balaban J connectivity index is 2.19. The number of rotatable bonds is 6. The predicted molar refractivity (Wildman–Crippen MR) is 80.8 cm³/mol. The van der Waals surface area contributed by atoms with Crippen LogP contribution in [0.3, 0.4) is 0 Å². The van der Waals surface area contributed by atoms with Gasteiger partial charge < -0.3 is 9.15 Å². The van der Waals surface area contributed by atoms with Gasteiger partial charge in [0.1, 0.15) is 11.5 Å². The van der Waals surface area contributed by atoms with Crippen LogP contribution in [0.25, 0.3) is 0 Å². The summed E-state index contributed by atoms with van der Waals surface area (Å²) in [5.74, 6) is 0.891. The molecule has 0 aliphatic carbocycles. The lowest BCUT2D eigenvalue weighted by molar-refractivity contribution is 0.401. The van der Waals surface area contributed by atoms with E-state index in [0.29, 0.717) is 22.1 Å². The summed E-state index contributed by atoms with van der Waals surface area (Å²) in [4.78, 5) is 0. The number of nitrogens with zero attached hydrogens (tertiary/aromatic N) is 1. The zero-order valence-electron chi connectivity index (χ0n) is 11.7. The second kappa shape index (κ2) is 6.51. The fourth-order valence-electron chi connectivity index (χ4n) is 1.89. The number of methoxy groups -OCH3 is 1. The van der Waals surface area contributed by atoms with Gasteiger partial charge in [-0.3, -0.25) is 0 Å². The summed E-state index contributed by atoms with van der Waals surface area (Å²) in [6.45, 7) is 0.179. The summed E-state index contributed by atoms with van der Waals surface area (Å²) in [6.07, 6.45) is 1.51. The van der Waals surface area contributed by atoms with Crippen LogP contribution in [-0.4, -0.2) is 26.9 Å². The van der Waals surface area contributed by atoms with Crippen LogP contribution in [-0.2, 0) is 22.3 Å². The summed E-state index contributed by atoms with van der Waals surface area (Å²) in [5, 5.41) is 0.467. The lowest BCUT2D eigenvalue weighted by atomic mass is 10.2. The van der Waals surface area contributed by atoms with E-state index >= 15 is 0 Å². The monoisotopic (exact) mass is 329 g/mol. The van der Waals surface area contributed by atoms with E-state index in [1.807, 2.05) is 0 Å². The molecule has 0 radical (unpaired) electrons. The third-order valence-electron chi connectivity index (χ3n) is 3.01. The van der Waals surface area contributed by atoms with Crippen LogP contribution in [0.4, 0.5) is 0 Å². The van der Waals surface area contributed by atoms with Gasteiger partial charge in [0.05, 0.1) is 25.7 Å². The van der Waals surface area contributed by atoms with Gasteiger partial charge in [0.25, 0.3) is 0 Å².